The molecule has 0 aromatic carbocycles. The first-order valence-corrected chi connectivity index (χ1v) is 5.64. The van der Waals surface area contributed by atoms with E-state index >= 15 is 0 Å². The first kappa shape index (κ1) is 11.6. The molecule has 0 N–H and O–H groups in total. The Bertz CT molecular complexity index is 273. The second-order valence-corrected chi connectivity index (χ2v) is 4.22. The van der Waals surface area contributed by atoms with Crippen LogP contribution in [0, 0.1) is 13.8 Å². The molecule has 1 rings (SSSR count). The van der Waals surface area contributed by atoms with Crippen LogP contribution in [0.5, 0.6) is 0 Å². The van der Waals surface area contributed by atoms with Gasteiger partial charge in [-0.25, -0.2) is 0 Å². The van der Waals surface area contributed by atoms with Crippen molar-refractivity contribution in [2.24, 2.45) is 0 Å². The Labute approximate surface area is 89.3 Å². The summed E-state index contributed by atoms with van der Waals surface area (Å²) in [4.78, 5) is 1.38. The van der Waals surface area contributed by atoms with Crippen molar-refractivity contribution in [2.45, 2.75) is 20.4 Å². The third-order valence-electron chi connectivity index (χ3n) is 2.21. The van der Waals surface area contributed by atoms with Crippen LogP contribution in [0.1, 0.15) is 10.6 Å². The van der Waals surface area contributed by atoms with Gasteiger partial charge in [0.1, 0.15) is 6.61 Å². The van der Waals surface area contributed by atoms with Gasteiger partial charge in [-0.1, -0.05) is 11.3 Å². The minimum absolute atomic E-state index is 0.673. The van der Waals surface area contributed by atoms with E-state index in [1.807, 2.05) is 0 Å². The molecule has 0 bridgehead atoms. The zero-order valence-electron chi connectivity index (χ0n) is 9.08. The number of hydrogen-bond donors (Lipinski definition) is 0. The fourth-order valence-electron chi connectivity index (χ4n) is 1.14. The van der Waals surface area contributed by atoms with Gasteiger partial charge in [0.05, 0.1) is 18.1 Å². The number of aryl methyl sites for hydroxylation is 1. The lowest BCUT2D eigenvalue weighted by molar-refractivity contribution is -0.699. The minimum atomic E-state index is 0.673. The monoisotopic (exact) mass is 216 g/mol. The lowest BCUT2D eigenvalue weighted by Crippen LogP contribution is -2.36. The molecule has 0 saturated heterocycles. The third kappa shape index (κ3) is 3.36. The molecule has 0 aliphatic rings. The van der Waals surface area contributed by atoms with Crippen molar-refractivity contribution in [1.82, 2.24) is 0 Å². The predicted octanol–water partition coefficient (Wildman–Crippen LogP) is 1.32. The molecule has 4 heteroatoms. The highest BCUT2D eigenvalue weighted by atomic mass is 32.1. The summed E-state index contributed by atoms with van der Waals surface area (Å²) in [6.45, 7) is 7.32. The summed E-state index contributed by atoms with van der Waals surface area (Å²) >= 11 is 1.78. The van der Waals surface area contributed by atoms with Crippen molar-refractivity contribution in [1.29, 1.82) is 0 Å². The number of methoxy groups -OCH3 is 1. The van der Waals surface area contributed by atoms with Crippen LogP contribution in [-0.4, -0.2) is 26.9 Å². The van der Waals surface area contributed by atoms with Crippen molar-refractivity contribution in [3.8, 4) is 0 Å². The second kappa shape index (κ2) is 6.11. The van der Waals surface area contributed by atoms with Gasteiger partial charge in [-0.05, 0) is 6.92 Å². The van der Waals surface area contributed by atoms with E-state index in [1.165, 1.54) is 10.6 Å². The van der Waals surface area contributed by atoms with Crippen LogP contribution < -0.4 is 4.57 Å². The van der Waals surface area contributed by atoms with E-state index in [9.17, 15) is 0 Å². The van der Waals surface area contributed by atoms with Crippen molar-refractivity contribution in [3.63, 3.8) is 0 Å². The molecule has 0 atom stereocenters. The van der Waals surface area contributed by atoms with Gasteiger partial charge in [-0.2, -0.15) is 4.57 Å². The van der Waals surface area contributed by atoms with Crippen LogP contribution in [0.4, 0.5) is 0 Å². The van der Waals surface area contributed by atoms with Crippen LogP contribution in [0.2, 0.25) is 0 Å². The topological polar surface area (TPSA) is 22.3 Å². The fourth-order valence-corrected chi connectivity index (χ4v) is 1.97. The normalized spacial score (nSPS) is 10.8. The SMILES string of the molecule is COCCOCC[n+]1csc(C)c1C. The van der Waals surface area contributed by atoms with Crippen LogP contribution in [-0.2, 0) is 16.0 Å². The van der Waals surface area contributed by atoms with Crippen LogP contribution in [0.25, 0.3) is 0 Å². The quantitative estimate of drug-likeness (QED) is 0.528. The molecule has 0 spiro atoms. The molecule has 0 aliphatic carbocycles. The van der Waals surface area contributed by atoms with Gasteiger partial charge in [-0.15, -0.1) is 0 Å². The lowest BCUT2D eigenvalue weighted by Gasteiger charge is -2.00. The standard InChI is InChI=1S/C10H18NO2S/c1-9-10(2)14-8-11(9)4-5-13-7-6-12-3/h8H,4-7H2,1-3H3/q+1. The Kier molecular flexibility index (Phi) is 5.07. The van der Waals surface area contributed by atoms with Crippen LogP contribution in [0.15, 0.2) is 5.51 Å². The second-order valence-electron chi connectivity index (χ2n) is 3.16. The molecule has 14 heavy (non-hydrogen) atoms. The average molecular weight is 216 g/mol. The molecule has 0 fully saturated rings. The molecular formula is C10H18NO2S+. The van der Waals surface area contributed by atoms with Crippen molar-refractivity contribution in [2.75, 3.05) is 26.9 Å². The van der Waals surface area contributed by atoms with Gasteiger partial charge in [-0.3, -0.25) is 0 Å². The maximum absolute atomic E-state index is 5.40. The third-order valence-corrected chi connectivity index (χ3v) is 3.21. The number of thiazole rings is 1. The van der Waals surface area contributed by atoms with Crippen molar-refractivity contribution < 1.29 is 14.0 Å². The zero-order valence-corrected chi connectivity index (χ0v) is 9.89. The first-order chi connectivity index (χ1) is 6.75. The number of ether oxygens (including phenoxy) is 2. The Hall–Kier alpha value is -0.450. The van der Waals surface area contributed by atoms with Gasteiger partial charge < -0.3 is 9.47 Å². The molecule has 1 aromatic heterocycles. The van der Waals surface area contributed by atoms with E-state index in [0.717, 1.165) is 13.2 Å². The maximum Gasteiger partial charge on any atom is 0.225 e. The van der Waals surface area contributed by atoms with Crippen molar-refractivity contribution >= 4 is 11.3 Å². The Morgan fingerprint density at radius 3 is 2.64 bits per heavy atom. The smallest absolute Gasteiger partial charge is 0.225 e. The van der Waals surface area contributed by atoms with Gasteiger partial charge >= 0.3 is 0 Å². The average Bonchev–Trinajstić information content (AvgIpc) is 2.49. The molecule has 1 heterocycles. The number of hydrogen-bond acceptors (Lipinski definition) is 3. The van der Waals surface area contributed by atoms with Gasteiger partial charge in [0.2, 0.25) is 5.51 Å². The Morgan fingerprint density at radius 1 is 1.29 bits per heavy atom. The van der Waals surface area contributed by atoms with Gasteiger partial charge in [0.15, 0.2) is 12.2 Å². The summed E-state index contributed by atoms with van der Waals surface area (Å²) in [7, 11) is 1.69. The summed E-state index contributed by atoms with van der Waals surface area (Å²) in [6.07, 6.45) is 0. The molecule has 0 saturated carbocycles. The number of aromatic nitrogens is 1. The van der Waals surface area contributed by atoms with E-state index in [4.69, 9.17) is 9.47 Å². The molecule has 0 unspecified atom stereocenters. The predicted molar refractivity (Wildman–Crippen MR) is 56.7 cm³/mol. The molecule has 0 aliphatic heterocycles. The molecule has 0 amide bonds. The van der Waals surface area contributed by atoms with E-state index in [-0.39, 0.29) is 0 Å². The molecule has 1 aromatic rings. The van der Waals surface area contributed by atoms with E-state index in [0.29, 0.717) is 13.2 Å². The molecule has 0 radical (unpaired) electrons. The van der Waals surface area contributed by atoms with Gasteiger partial charge in [0, 0.05) is 14.0 Å². The molecule has 80 valence electrons. The highest BCUT2D eigenvalue weighted by Crippen LogP contribution is 2.07. The fraction of sp³-hybridized carbons (Fsp3) is 0.700. The summed E-state index contributed by atoms with van der Waals surface area (Å²) in [6, 6.07) is 0. The Morgan fingerprint density at radius 2 is 2.07 bits per heavy atom. The van der Waals surface area contributed by atoms with E-state index in [1.54, 1.807) is 18.4 Å². The highest BCUT2D eigenvalue weighted by Gasteiger charge is 2.10. The van der Waals surface area contributed by atoms with Crippen LogP contribution in [0.3, 0.4) is 0 Å². The Balaban J connectivity index is 2.21. The zero-order chi connectivity index (χ0) is 10.4. The first-order valence-electron chi connectivity index (χ1n) is 4.76. The summed E-state index contributed by atoms with van der Waals surface area (Å²) < 4.78 is 12.5. The lowest BCUT2D eigenvalue weighted by atomic mass is 10.4. The summed E-state index contributed by atoms with van der Waals surface area (Å²) in [5.41, 5.74) is 3.48. The van der Waals surface area contributed by atoms with E-state index < -0.39 is 0 Å². The minimum Gasteiger partial charge on any atom is -0.382 e. The number of nitrogens with zero attached hydrogens (tertiary/aromatic N) is 1. The summed E-state index contributed by atoms with van der Waals surface area (Å²) in [5, 5.41) is 0. The maximum atomic E-state index is 5.40. The number of rotatable bonds is 6. The molecular weight excluding hydrogens is 198 g/mol. The van der Waals surface area contributed by atoms with E-state index in [2.05, 4.69) is 23.9 Å². The molecule has 3 nitrogen and oxygen atoms in total. The van der Waals surface area contributed by atoms with Crippen LogP contribution >= 0.6 is 11.3 Å². The van der Waals surface area contributed by atoms with Crippen molar-refractivity contribution in [3.05, 3.63) is 16.1 Å². The van der Waals surface area contributed by atoms with Gasteiger partial charge in [0.25, 0.3) is 0 Å². The summed E-state index contributed by atoms with van der Waals surface area (Å²) in [5.74, 6) is 0. The largest absolute Gasteiger partial charge is 0.382 e. The highest BCUT2D eigenvalue weighted by molar-refractivity contribution is 7.09.